The number of ether oxygens (including phenoxy) is 3. The summed E-state index contributed by atoms with van der Waals surface area (Å²) in [5.74, 6) is -0.874. The second-order valence-corrected chi connectivity index (χ2v) is 23.4. The Bertz CT molecular complexity index is 1590. The molecule has 0 bridgehead atoms. The molecule has 0 aliphatic carbocycles. The Morgan fingerprint density at radius 3 is 0.744 bits per heavy atom. The lowest BCUT2D eigenvalue weighted by atomic mass is 10.0. The van der Waals surface area contributed by atoms with Gasteiger partial charge >= 0.3 is 17.9 Å². The van der Waals surface area contributed by atoms with Crippen LogP contribution in [0.1, 0.15) is 348 Å². The number of unbranched alkanes of at least 4 members (excludes halogenated alkanes) is 37. The van der Waals surface area contributed by atoms with E-state index in [-0.39, 0.29) is 31.1 Å². The zero-order valence-electron chi connectivity index (χ0n) is 54.2. The van der Waals surface area contributed by atoms with Gasteiger partial charge in [-0.2, -0.15) is 0 Å². The van der Waals surface area contributed by atoms with Gasteiger partial charge in [0.2, 0.25) is 0 Å². The smallest absolute Gasteiger partial charge is 0.306 e. The summed E-state index contributed by atoms with van der Waals surface area (Å²) >= 11 is 0. The minimum atomic E-state index is -0.785. The SMILES string of the molecule is CC/C=C\C/C=C\C/C=C\C/C=C\CCCCCCCCCCCCCCCCCCC(=O)OCC(COC(=O)CCCCCCCCCCCCCCCCCC)OC(=O)CCCCCCCC/C=C\C/C=C\C/C=C\C/C=C\CC. The highest BCUT2D eigenvalue weighted by molar-refractivity contribution is 5.71. The van der Waals surface area contributed by atoms with E-state index in [4.69, 9.17) is 14.2 Å². The maximum atomic E-state index is 12.9. The third-order valence-corrected chi connectivity index (χ3v) is 15.3. The summed E-state index contributed by atoms with van der Waals surface area (Å²) in [6, 6.07) is 0. The van der Waals surface area contributed by atoms with Crippen molar-refractivity contribution in [3.63, 3.8) is 0 Å². The molecule has 1 atom stereocenters. The zero-order valence-corrected chi connectivity index (χ0v) is 54.2. The van der Waals surface area contributed by atoms with E-state index < -0.39 is 6.10 Å². The molecule has 0 spiro atoms. The molecule has 6 heteroatoms. The van der Waals surface area contributed by atoms with Crippen LogP contribution >= 0.6 is 0 Å². The van der Waals surface area contributed by atoms with Crippen LogP contribution in [0, 0.1) is 0 Å². The molecule has 1 unspecified atom stereocenters. The topological polar surface area (TPSA) is 78.9 Å². The fourth-order valence-electron chi connectivity index (χ4n) is 10.1. The lowest BCUT2D eigenvalue weighted by Gasteiger charge is -2.18. The Morgan fingerprint density at radius 1 is 0.256 bits per heavy atom. The third kappa shape index (κ3) is 67.1. The summed E-state index contributed by atoms with van der Waals surface area (Å²) in [5.41, 5.74) is 0. The Hall–Kier alpha value is -3.67. The van der Waals surface area contributed by atoms with E-state index in [1.807, 2.05) is 0 Å². The molecule has 6 nitrogen and oxygen atoms in total. The predicted molar refractivity (Wildman–Crippen MR) is 357 cm³/mol. The normalized spacial score (nSPS) is 12.7. The van der Waals surface area contributed by atoms with Crippen molar-refractivity contribution in [2.45, 2.75) is 354 Å². The summed E-state index contributed by atoms with van der Waals surface area (Å²) < 4.78 is 17.0. The molecular weight excluding hydrogens is 1010 g/mol. The van der Waals surface area contributed by atoms with Crippen LogP contribution in [0.3, 0.4) is 0 Å². The number of carbonyl (C=O) groups excluding carboxylic acids is 3. The number of allylic oxidation sites excluding steroid dienone is 16. The first-order valence-corrected chi connectivity index (χ1v) is 35.2. The van der Waals surface area contributed by atoms with Crippen molar-refractivity contribution in [1.29, 1.82) is 0 Å². The molecule has 0 fully saturated rings. The molecule has 0 N–H and O–H groups in total. The van der Waals surface area contributed by atoms with Crippen LogP contribution in [0.2, 0.25) is 0 Å². The van der Waals surface area contributed by atoms with Gasteiger partial charge in [0.05, 0.1) is 0 Å². The second kappa shape index (κ2) is 69.8. The van der Waals surface area contributed by atoms with E-state index in [0.717, 1.165) is 122 Å². The van der Waals surface area contributed by atoms with Crippen molar-refractivity contribution in [3.8, 4) is 0 Å². The number of rotatable bonds is 64. The van der Waals surface area contributed by atoms with Gasteiger partial charge in [-0.05, 0) is 96.3 Å². The van der Waals surface area contributed by atoms with Crippen molar-refractivity contribution in [1.82, 2.24) is 0 Å². The van der Waals surface area contributed by atoms with Crippen molar-refractivity contribution >= 4 is 17.9 Å². The molecule has 0 radical (unpaired) electrons. The van der Waals surface area contributed by atoms with Crippen LogP contribution in [0.4, 0.5) is 0 Å². The highest BCUT2D eigenvalue weighted by Gasteiger charge is 2.19. The van der Waals surface area contributed by atoms with Crippen LogP contribution < -0.4 is 0 Å². The first kappa shape index (κ1) is 78.3. The maximum absolute atomic E-state index is 12.9. The summed E-state index contributed by atoms with van der Waals surface area (Å²) in [7, 11) is 0. The molecular formula is C76H132O6. The van der Waals surface area contributed by atoms with Gasteiger partial charge in [-0.25, -0.2) is 0 Å². The summed E-state index contributed by atoms with van der Waals surface area (Å²) in [5, 5.41) is 0. The monoisotopic (exact) mass is 1140 g/mol. The van der Waals surface area contributed by atoms with E-state index in [1.165, 1.54) is 186 Å². The van der Waals surface area contributed by atoms with Crippen molar-refractivity contribution < 1.29 is 28.6 Å². The Balaban J connectivity index is 4.29. The van der Waals surface area contributed by atoms with Gasteiger partial charge in [-0.3, -0.25) is 14.4 Å². The minimum Gasteiger partial charge on any atom is -0.462 e. The summed E-state index contributed by atoms with van der Waals surface area (Å²) in [6.45, 7) is 6.45. The molecule has 0 aliphatic heterocycles. The first-order valence-electron chi connectivity index (χ1n) is 35.2. The Labute approximate surface area is 508 Å². The average Bonchev–Trinajstić information content (AvgIpc) is 3.47. The van der Waals surface area contributed by atoms with E-state index in [0.29, 0.717) is 19.3 Å². The van der Waals surface area contributed by atoms with Crippen LogP contribution in [0.25, 0.3) is 0 Å². The van der Waals surface area contributed by atoms with Gasteiger partial charge in [-0.15, -0.1) is 0 Å². The van der Waals surface area contributed by atoms with Gasteiger partial charge in [0, 0.05) is 19.3 Å². The van der Waals surface area contributed by atoms with E-state index in [1.54, 1.807) is 0 Å². The summed E-state index contributed by atoms with van der Waals surface area (Å²) in [4.78, 5) is 38.5. The van der Waals surface area contributed by atoms with Crippen molar-refractivity contribution in [2.24, 2.45) is 0 Å². The fourth-order valence-corrected chi connectivity index (χ4v) is 10.1. The van der Waals surface area contributed by atoms with E-state index >= 15 is 0 Å². The fraction of sp³-hybridized carbons (Fsp3) is 0.750. The Kier molecular flexibility index (Phi) is 66.7. The molecule has 472 valence electrons. The lowest BCUT2D eigenvalue weighted by molar-refractivity contribution is -0.167. The second-order valence-electron chi connectivity index (χ2n) is 23.4. The molecule has 0 aliphatic rings. The molecule has 0 heterocycles. The number of hydrogen-bond donors (Lipinski definition) is 0. The van der Waals surface area contributed by atoms with Crippen LogP contribution in [0.5, 0.6) is 0 Å². The van der Waals surface area contributed by atoms with Gasteiger partial charge < -0.3 is 14.2 Å². The molecule has 82 heavy (non-hydrogen) atoms. The standard InChI is InChI=1S/C76H132O6/c1-4-7-10-13-16-19-22-25-28-31-33-34-35-36-37-38-39-40-41-42-44-45-48-51-54-57-60-63-66-69-75(78)81-72-73(71-80-74(77)68-65-62-59-56-53-50-47-30-27-24-21-18-15-12-9-6-3)82-76(79)70-67-64-61-58-55-52-49-46-43-32-29-26-23-20-17-14-11-8-5-2/h7-8,10-11,16-17,19-20,25-26,28-29,33-34,43,46,73H,4-6,9,12-15,18,21-24,27,30-32,35-42,44-45,47-72H2,1-3H3/b10-7-,11-8-,19-16-,20-17-,28-25-,29-26-,34-33-,46-43-. The van der Waals surface area contributed by atoms with Crippen molar-refractivity contribution in [2.75, 3.05) is 13.2 Å². The molecule has 0 saturated carbocycles. The Morgan fingerprint density at radius 2 is 0.476 bits per heavy atom. The quantitative estimate of drug-likeness (QED) is 0.0261. The highest BCUT2D eigenvalue weighted by atomic mass is 16.6. The lowest BCUT2D eigenvalue weighted by Crippen LogP contribution is -2.30. The highest BCUT2D eigenvalue weighted by Crippen LogP contribution is 2.18. The third-order valence-electron chi connectivity index (χ3n) is 15.3. The molecule has 0 rings (SSSR count). The van der Waals surface area contributed by atoms with Gasteiger partial charge in [-0.1, -0.05) is 330 Å². The van der Waals surface area contributed by atoms with Gasteiger partial charge in [0.1, 0.15) is 13.2 Å². The number of esters is 3. The van der Waals surface area contributed by atoms with Crippen LogP contribution in [-0.2, 0) is 28.6 Å². The van der Waals surface area contributed by atoms with E-state index in [9.17, 15) is 14.4 Å². The number of hydrogen-bond acceptors (Lipinski definition) is 6. The maximum Gasteiger partial charge on any atom is 0.306 e. The van der Waals surface area contributed by atoms with Crippen molar-refractivity contribution in [3.05, 3.63) is 97.2 Å². The summed E-state index contributed by atoms with van der Waals surface area (Å²) in [6.07, 6.45) is 94.3. The molecule has 0 aromatic heterocycles. The molecule has 0 amide bonds. The first-order chi connectivity index (χ1) is 40.5. The van der Waals surface area contributed by atoms with E-state index in [2.05, 4.69) is 118 Å². The minimum absolute atomic E-state index is 0.0788. The molecule has 0 saturated heterocycles. The zero-order chi connectivity index (χ0) is 59.2. The average molecular weight is 1140 g/mol. The van der Waals surface area contributed by atoms with Gasteiger partial charge in [0.25, 0.3) is 0 Å². The molecule has 0 aromatic carbocycles. The molecule has 0 aromatic rings. The van der Waals surface area contributed by atoms with Crippen LogP contribution in [-0.4, -0.2) is 37.2 Å². The number of carbonyl (C=O) groups is 3. The van der Waals surface area contributed by atoms with Gasteiger partial charge in [0.15, 0.2) is 6.10 Å². The predicted octanol–water partition coefficient (Wildman–Crippen LogP) is 24.4. The largest absolute Gasteiger partial charge is 0.462 e. The van der Waals surface area contributed by atoms with Crippen LogP contribution in [0.15, 0.2) is 97.2 Å².